The van der Waals surface area contributed by atoms with Crippen LogP contribution in [0.3, 0.4) is 0 Å². The van der Waals surface area contributed by atoms with E-state index in [2.05, 4.69) is 127 Å². The van der Waals surface area contributed by atoms with Gasteiger partial charge in [0.2, 0.25) is 0 Å². The third kappa shape index (κ3) is 5.98. The lowest BCUT2D eigenvalue weighted by atomic mass is 10.0. The Balaban J connectivity index is 0.000000138. The Labute approximate surface area is 309 Å². The minimum absolute atomic E-state index is 0.236. The van der Waals surface area contributed by atoms with Gasteiger partial charge in [0.25, 0.3) is 0 Å². The van der Waals surface area contributed by atoms with E-state index in [9.17, 15) is 5.11 Å². The molecule has 5 aromatic heterocycles. The van der Waals surface area contributed by atoms with Crippen LogP contribution in [0.4, 0.5) is 0 Å². The van der Waals surface area contributed by atoms with Crippen molar-refractivity contribution in [2.24, 2.45) is 0 Å². The average molecular weight is 706 g/mol. The first-order valence-corrected chi connectivity index (χ1v) is 18.7. The van der Waals surface area contributed by atoms with Crippen molar-refractivity contribution in [2.45, 2.75) is 6.92 Å². The van der Waals surface area contributed by atoms with Gasteiger partial charge in [0.05, 0.1) is 27.5 Å². The molecule has 0 fully saturated rings. The highest BCUT2D eigenvalue weighted by atomic mass is 32.1. The first kappa shape index (κ1) is 31.7. The lowest BCUT2D eigenvalue weighted by molar-refractivity contribution is 0.475. The van der Waals surface area contributed by atoms with E-state index in [1.54, 1.807) is 23.5 Å². The van der Waals surface area contributed by atoms with Crippen molar-refractivity contribution in [2.75, 3.05) is 0 Å². The number of nitrogens with zero attached hydrogens (tertiary/aromatic N) is 3. The monoisotopic (exact) mass is 705 g/mol. The number of phenols is 1. The fraction of sp³-hybridized carbons (Fsp3) is 0.0217. The van der Waals surface area contributed by atoms with Crippen LogP contribution in [0, 0.1) is 6.92 Å². The predicted octanol–water partition coefficient (Wildman–Crippen LogP) is 13.0. The molecular weight excluding hydrogens is 675 g/mol. The van der Waals surface area contributed by atoms with E-state index in [1.165, 1.54) is 46.8 Å². The summed E-state index contributed by atoms with van der Waals surface area (Å²) in [5, 5.41) is 14.8. The van der Waals surface area contributed by atoms with E-state index in [1.807, 2.05) is 47.9 Å². The number of hydrogen-bond acceptors (Lipinski definition) is 6. The van der Waals surface area contributed by atoms with Gasteiger partial charge in [0, 0.05) is 58.5 Å². The van der Waals surface area contributed by atoms with Crippen LogP contribution in [0.15, 0.2) is 164 Å². The highest BCUT2D eigenvalue weighted by Gasteiger charge is 2.14. The van der Waals surface area contributed by atoms with Gasteiger partial charge < -0.3 is 5.11 Å². The first-order chi connectivity index (χ1) is 25.6. The Bertz CT molecular complexity index is 2710. The highest BCUT2D eigenvalue weighted by Crippen LogP contribution is 2.40. The van der Waals surface area contributed by atoms with E-state index in [-0.39, 0.29) is 5.75 Å². The minimum Gasteiger partial charge on any atom is -0.508 e. The maximum absolute atomic E-state index is 9.74. The SMILES string of the molecule is Cc1cccc(-c2cccc(-c3cccc4c3sc3ccccc34)n2)c1.Oc1cccc(-c2cccc(-c3nccc4c3sc3ccccc34)n2)c1. The van der Waals surface area contributed by atoms with E-state index in [0.29, 0.717) is 0 Å². The molecule has 0 aliphatic heterocycles. The molecule has 0 aliphatic carbocycles. The normalized spacial score (nSPS) is 11.2. The standard InChI is InChI=1S/C24H17NS.C22H14N2OS/c1-16-7-4-8-17(15-16)21-12-6-13-22(25-21)20-11-5-10-19-18-9-2-3-14-23(18)26-24(19)20;25-15-6-3-5-14(13-15)18-8-4-9-19(24-18)21-22-17(11-12-23-21)16-7-1-2-10-20(16)26-22/h2-15H,1H3;1-13,25H. The molecule has 0 amide bonds. The lowest BCUT2D eigenvalue weighted by Crippen LogP contribution is -1.90. The summed E-state index contributed by atoms with van der Waals surface area (Å²) in [5.74, 6) is 0.236. The van der Waals surface area contributed by atoms with Crippen molar-refractivity contribution in [3.05, 3.63) is 169 Å². The van der Waals surface area contributed by atoms with Crippen LogP contribution in [0.5, 0.6) is 5.75 Å². The van der Waals surface area contributed by atoms with Gasteiger partial charge >= 0.3 is 0 Å². The van der Waals surface area contributed by atoms with Gasteiger partial charge in [-0.15, -0.1) is 22.7 Å². The zero-order valence-electron chi connectivity index (χ0n) is 28.2. The molecule has 0 spiro atoms. The van der Waals surface area contributed by atoms with Crippen LogP contribution in [0.2, 0.25) is 0 Å². The second-order valence-corrected chi connectivity index (χ2v) is 14.8. The Hall–Kier alpha value is -6.21. The van der Waals surface area contributed by atoms with Crippen molar-refractivity contribution in [1.82, 2.24) is 15.0 Å². The number of aryl methyl sites for hydroxylation is 1. The van der Waals surface area contributed by atoms with Crippen LogP contribution >= 0.6 is 22.7 Å². The summed E-state index contributed by atoms with van der Waals surface area (Å²) in [6.45, 7) is 2.12. The van der Waals surface area contributed by atoms with E-state index in [4.69, 9.17) is 9.97 Å². The molecular formula is C46H31N3OS2. The summed E-state index contributed by atoms with van der Waals surface area (Å²) in [5.41, 5.74) is 9.10. The predicted molar refractivity (Wildman–Crippen MR) is 220 cm³/mol. The summed E-state index contributed by atoms with van der Waals surface area (Å²) in [6, 6.07) is 53.5. The van der Waals surface area contributed by atoms with Crippen molar-refractivity contribution in [3.63, 3.8) is 0 Å². The summed E-state index contributed by atoms with van der Waals surface area (Å²) < 4.78 is 5.03. The first-order valence-electron chi connectivity index (χ1n) is 17.1. The van der Waals surface area contributed by atoms with Crippen LogP contribution < -0.4 is 0 Å². The number of aromatic hydroxyl groups is 1. The second kappa shape index (κ2) is 13.5. The number of fused-ring (bicyclic) bond motifs is 6. The van der Waals surface area contributed by atoms with Gasteiger partial charge in [-0.1, -0.05) is 103 Å². The Kier molecular flexibility index (Phi) is 8.24. The van der Waals surface area contributed by atoms with Gasteiger partial charge in [-0.25, -0.2) is 9.97 Å². The number of aromatic nitrogens is 3. The maximum Gasteiger partial charge on any atom is 0.116 e. The van der Waals surface area contributed by atoms with Crippen molar-refractivity contribution in [3.8, 4) is 50.9 Å². The molecule has 0 bridgehead atoms. The van der Waals surface area contributed by atoms with E-state index >= 15 is 0 Å². The lowest BCUT2D eigenvalue weighted by Gasteiger charge is -2.07. The minimum atomic E-state index is 0.236. The zero-order valence-corrected chi connectivity index (χ0v) is 29.8. The molecule has 0 saturated heterocycles. The number of benzene rings is 5. The zero-order chi connectivity index (χ0) is 35.0. The Morgan fingerprint density at radius 2 is 1.02 bits per heavy atom. The molecule has 5 heterocycles. The van der Waals surface area contributed by atoms with E-state index in [0.717, 1.165) is 44.3 Å². The topological polar surface area (TPSA) is 58.9 Å². The van der Waals surface area contributed by atoms with E-state index < -0.39 is 0 Å². The second-order valence-electron chi connectivity index (χ2n) is 12.7. The summed E-state index contributed by atoms with van der Waals surface area (Å²) >= 11 is 3.59. The molecule has 248 valence electrons. The molecule has 6 heteroatoms. The molecule has 5 aromatic carbocycles. The molecule has 10 rings (SSSR count). The summed E-state index contributed by atoms with van der Waals surface area (Å²) in [4.78, 5) is 14.4. The van der Waals surface area contributed by atoms with Gasteiger partial charge in [-0.3, -0.25) is 4.98 Å². The largest absolute Gasteiger partial charge is 0.508 e. The Morgan fingerprint density at radius 1 is 0.462 bits per heavy atom. The van der Waals surface area contributed by atoms with Crippen LogP contribution in [0.1, 0.15) is 5.56 Å². The van der Waals surface area contributed by atoms with Crippen LogP contribution in [0.25, 0.3) is 85.5 Å². The van der Waals surface area contributed by atoms with Gasteiger partial charge in [0.15, 0.2) is 0 Å². The third-order valence-corrected chi connectivity index (χ3v) is 11.6. The molecule has 10 aromatic rings. The average Bonchev–Trinajstić information content (AvgIpc) is 3.77. The molecule has 52 heavy (non-hydrogen) atoms. The number of rotatable bonds is 4. The van der Waals surface area contributed by atoms with Gasteiger partial charge in [-0.05, 0) is 67.6 Å². The van der Waals surface area contributed by atoms with Crippen LogP contribution in [-0.2, 0) is 0 Å². The Morgan fingerprint density at radius 3 is 1.75 bits per heavy atom. The maximum atomic E-state index is 9.74. The number of pyridine rings is 3. The summed E-state index contributed by atoms with van der Waals surface area (Å²) in [6.07, 6.45) is 1.85. The van der Waals surface area contributed by atoms with Crippen molar-refractivity contribution in [1.29, 1.82) is 0 Å². The number of phenolic OH excluding ortho intramolecular Hbond substituents is 1. The van der Waals surface area contributed by atoms with Crippen molar-refractivity contribution < 1.29 is 5.11 Å². The number of hydrogen-bond donors (Lipinski definition) is 1. The smallest absolute Gasteiger partial charge is 0.116 e. The molecule has 1 N–H and O–H groups in total. The number of thiophene rings is 2. The molecule has 0 radical (unpaired) electrons. The van der Waals surface area contributed by atoms with Gasteiger partial charge in [0.1, 0.15) is 11.4 Å². The molecule has 0 saturated carbocycles. The fourth-order valence-electron chi connectivity index (χ4n) is 6.73. The highest BCUT2D eigenvalue weighted by molar-refractivity contribution is 7.26. The van der Waals surface area contributed by atoms with Crippen LogP contribution in [-0.4, -0.2) is 20.1 Å². The molecule has 0 aliphatic rings. The summed E-state index contributed by atoms with van der Waals surface area (Å²) in [7, 11) is 0. The quantitative estimate of drug-likeness (QED) is 0.198. The molecule has 0 unspecified atom stereocenters. The molecule has 4 nitrogen and oxygen atoms in total. The fourth-order valence-corrected chi connectivity index (χ4v) is 9.15. The molecule has 0 atom stereocenters. The van der Waals surface area contributed by atoms with Gasteiger partial charge in [-0.2, -0.15) is 0 Å². The van der Waals surface area contributed by atoms with Crippen molar-refractivity contribution >= 4 is 63.0 Å². The third-order valence-electron chi connectivity index (χ3n) is 9.17.